The minimum Gasteiger partial charge on any atom is -0.462 e. The molecule has 2 aromatic rings. The van der Waals surface area contributed by atoms with E-state index in [-0.39, 0.29) is 34.5 Å². The minimum atomic E-state index is -3.01. The van der Waals surface area contributed by atoms with Crippen LogP contribution in [-0.4, -0.2) is 35.9 Å². The predicted octanol–water partition coefficient (Wildman–Crippen LogP) is 4.26. The van der Waals surface area contributed by atoms with Gasteiger partial charge in [-0.05, 0) is 36.6 Å². The molecule has 0 saturated heterocycles. The highest BCUT2D eigenvalue weighted by molar-refractivity contribution is 6.31. The van der Waals surface area contributed by atoms with E-state index in [1.54, 1.807) is 6.07 Å². The van der Waals surface area contributed by atoms with Gasteiger partial charge in [-0.1, -0.05) is 23.7 Å². The van der Waals surface area contributed by atoms with Crippen molar-refractivity contribution < 1.29 is 31.8 Å². The number of nitrogens with zero attached hydrogens (tertiary/aromatic N) is 2. The van der Waals surface area contributed by atoms with Crippen molar-refractivity contribution in [1.29, 1.82) is 0 Å². The average Bonchev–Trinajstić information content (AvgIpc) is 3.47. The molecule has 11 heteroatoms. The summed E-state index contributed by atoms with van der Waals surface area (Å²) in [5.74, 6) is -1.18. The van der Waals surface area contributed by atoms with Crippen molar-refractivity contribution >= 4 is 23.4 Å². The van der Waals surface area contributed by atoms with Gasteiger partial charge in [-0.2, -0.15) is 8.78 Å². The third-order valence-electron chi connectivity index (χ3n) is 5.57. The molecule has 1 aliphatic heterocycles. The lowest BCUT2D eigenvalue weighted by molar-refractivity contribution is -0.0501. The highest BCUT2D eigenvalue weighted by Gasteiger charge is 2.64. The quantitative estimate of drug-likeness (QED) is 0.481. The van der Waals surface area contributed by atoms with Gasteiger partial charge >= 0.3 is 6.61 Å². The minimum absolute atomic E-state index is 0.0577. The molecule has 0 amide bonds. The van der Waals surface area contributed by atoms with Gasteiger partial charge in [0, 0.05) is 22.9 Å². The molecule has 2 N–H and O–H groups in total. The van der Waals surface area contributed by atoms with E-state index >= 15 is 0 Å². The van der Waals surface area contributed by atoms with Crippen molar-refractivity contribution in [2.45, 2.75) is 44.4 Å². The SMILES string of the molecule is Cc1cc(OC(F)F)cnc1C(=O)Cc1ccc(Cl)c([C@]2(C(F)F)N=C(N)O[C@@H]3C[C@@H]32)c1. The number of nitrogens with two attached hydrogens (primary N) is 1. The summed E-state index contributed by atoms with van der Waals surface area (Å²) in [6.07, 6.45) is -2.13. The van der Waals surface area contributed by atoms with Crippen LogP contribution in [0.25, 0.3) is 0 Å². The number of hydrogen-bond donors (Lipinski definition) is 1. The first kappa shape index (κ1) is 22.3. The van der Waals surface area contributed by atoms with Gasteiger partial charge in [0.15, 0.2) is 11.3 Å². The van der Waals surface area contributed by atoms with Gasteiger partial charge in [-0.3, -0.25) is 4.79 Å². The lowest BCUT2D eigenvalue weighted by atomic mass is 9.83. The molecule has 2 heterocycles. The van der Waals surface area contributed by atoms with Gasteiger partial charge in [0.05, 0.1) is 6.20 Å². The van der Waals surface area contributed by atoms with Crippen LogP contribution in [0.4, 0.5) is 17.6 Å². The molecule has 32 heavy (non-hydrogen) atoms. The molecule has 4 rings (SSSR count). The van der Waals surface area contributed by atoms with Crippen LogP contribution >= 0.6 is 11.6 Å². The van der Waals surface area contributed by atoms with Crippen LogP contribution in [0.2, 0.25) is 5.02 Å². The van der Waals surface area contributed by atoms with E-state index in [4.69, 9.17) is 22.1 Å². The smallest absolute Gasteiger partial charge is 0.387 e. The number of rotatable bonds is 7. The number of aryl methyl sites for hydroxylation is 1. The number of halogens is 5. The molecule has 170 valence electrons. The largest absolute Gasteiger partial charge is 0.462 e. The highest BCUT2D eigenvalue weighted by Crippen LogP contribution is 2.56. The molecule has 1 aliphatic carbocycles. The van der Waals surface area contributed by atoms with Gasteiger partial charge < -0.3 is 15.2 Å². The number of ether oxygens (including phenoxy) is 2. The number of pyridine rings is 1. The Hall–Kier alpha value is -2.88. The maximum Gasteiger partial charge on any atom is 0.387 e. The fourth-order valence-electron chi connectivity index (χ4n) is 4.07. The molecule has 0 spiro atoms. The van der Waals surface area contributed by atoms with Crippen molar-refractivity contribution in [2.75, 3.05) is 0 Å². The molecule has 0 bridgehead atoms. The number of carbonyl (C=O) groups excluding carboxylic acids is 1. The zero-order valence-corrected chi connectivity index (χ0v) is 17.5. The number of benzene rings is 1. The van der Waals surface area contributed by atoms with Crippen LogP contribution in [0.15, 0.2) is 35.5 Å². The van der Waals surface area contributed by atoms with Crippen molar-refractivity contribution in [3.05, 3.63) is 57.9 Å². The van der Waals surface area contributed by atoms with E-state index in [9.17, 15) is 22.4 Å². The number of hydrogen-bond acceptors (Lipinski definition) is 6. The third kappa shape index (κ3) is 3.99. The maximum atomic E-state index is 14.3. The zero-order chi connectivity index (χ0) is 23.2. The van der Waals surface area contributed by atoms with Crippen molar-refractivity contribution in [3.63, 3.8) is 0 Å². The molecule has 2 aliphatic rings. The van der Waals surface area contributed by atoms with E-state index in [0.29, 0.717) is 17.5 Å². The first-order chi connectivity index (χ1) is 15.1. The second kappa shape index (κ2) is 8.23. The van der Waals surface area contributed by atoms with Gasteiger partial charge in [-0.25, -0.2) is 18.8 Å². The average molecular weight is 472 g/mol. The van der Waals surface area contributed by atoms with Crippen molar-refractivity contribution in [2.24, 2.45) is 16.6 Å². The maximum absolute atomic E-state index is 14.3. The lowest BCUT2D eigenvalue weighted by Crippen LogP contribution is -2.43. The van der Waals surface area contributed by atoms with Crippen LogP contribution < -0.4 is 10.5 Å². The molecule has 1 aromatic heterocycles. The molecular formula is C21H18ClF4N3O3. The Balaban J connectivity index is 1.64. The molecule has 1 aromatic carbocycles. The van der Waals surface area contributed by atoms with Gasteiger partial charge in [-0.15, -0.1) is 0 Å². The number of Topliss-reactive ketones (excluding diaryl/α,β-unsaturated/α-hetero) is 1. The third-order valence-corrected chi connectivity index (χ3v) is 5.90. The first-order valence-corrected chi connectivity index (χ1v) is 10.0. The van der Waals surface area contributed by atoms with Gasteiger partial charge in [0.2, 0.25) is 0 Å². The highest BCUT2D eigenvalue weighted by atomic mass is 35.5. The molecule has 1 saturated carbocycles. The number of ketones is 1. The number of alkyl halides is 4. The van der Waals surface area contributed by atoms with Gasteiger partial charge in [0.25, 0.3) is 12.4 Å². The number of fused-ring (bicyclic) bond motifs is 1. The number of carbonyl (C=O) groups is 1. The summed E-state index contributed by atoms with van der Waals surface area (Å²) in [6, 6.07) is 5.35. The zero-order valence-electron chi connectivity index (χ0n) is 16.7. The summed E-state index contributed by atoms with van der Waals surface area (Å²) < 4.78 is 62.9. The Kier molecular flexibility index (Phi) is 5.74. The second-order valence-electron chi connectivity index (χ2n) is 7.70. The summed E-state index contributed by atoms with van der Waals surface area (Å²) >= 11 is 6.28. The fraction of sp³-hybridized carbons (Fsp3) is 0.381. The predicted molar refractivity (Wildman–Crippen MR) is 107 cm³/mol. The number of amidine groups is 1. The lowest BCUT2D eigenvalue weighted by Gasteiger charge is -2.33. The molecule has 6 nitrogen and oxygen atoms in total. The van der Waals surface area contributed by atoms with E-state index in [0.717, 1.165) is 6.20 Å². The van der Waals surface area contributed by atoms with Crippen LogP contribution in [-0.2, 0) is 16.7 Å². The fourth-order valence-corrected chi connectivity index (χ4v) is 4.34. The normalized spacial score (nSPS) is 24.1. The van der Waals surface area contributed by atoms with E-state index in [1.165, 1.54) is 25.1 Å². The second-order valence-corrected chi connectivity index (χ2v) is 8.11. The van der Waals surface area contributed by atoms with Crippen molar-refractivity contribution in [3.8, 4) is 5.75 Å². The standard InChI is InChI=1S/C21H18ClF4N3O3/c1-9-4-11(31-19(25)26)8-28-17(9)15(30)6-10-2-3-14(22)12(5-10)21(18(23)24)13-7-16(13)32-20(27)29-21/h2-5,8,13,16,18-19H,6-7H2,1H3,(H2,27,29)/t13-,16+,21-/m0/s1. The van der Waals surface area contributed by atoms with Gasteiger partial charge in [0.1, 0.15) is 17.5 Å². The molecule has 3 atom stereocenters. The monoisotopic (exact) mass is 471 g/mol. The Morgan fingerprint density at radius 2 is 2.09 bits per heavy atom. The number of aromatic nitrogens is 1. The van der Waals surface area contributed by atoms with Crippen LogP contribution in [0.5, 0.6) is 5.75 Å². The molecule has 1 fully saturated rings. The van der Waals surface area contributed by atoms with E-state index < -0.39 is 36.4 Å². The summed E-state index contributed by atoms with van der Waals surface area (Å²) in [7, 11) is 0. The molecular weight excluding hydrogens is 454 g/mol. The Morgan fingerprint density at radius 3 is 2.75 bits per heavy atom. The summed E-state index contributed by atoms with van der Waals surface area (Å²) in [5, 5.41) is 0.0772. The van der Waals surface area contributed by atoms with Crippen LogP contribution in [0.1, 0.15) is 33.6 Å². The van der Waals surface area contributed by atoms with Crippen LogP contribution in [0, 0.1) is 12.8 Å². The summed E-state index contributed by atoms with van der Waals surface area (Å²) in [4.78, 5) is 20.7. The number of aliphatic imine (C=N–C) groups is 1. The Bertz CT molecular complexity index is 1100. The summed E-state index contributed by atoms with van der Waals surface area (Å²) in [5.41, 5.74) is 4.58. The van der Waals surface area contributed by atoms with E-state index in [1.807, 2.05) is 0 Å². The molecule has 0 unspecified atom stereocenters. The topological polar surface area (TPSA) is 86.8 Å². The Labute approximate surface area is 185 Å². The molecule has 0 radical (unpaired) electrons. The Morgan fingerprint density at radius 1 is 1.34 bits per heavy atom. The summed E-state index contributed by atoms with van der Waals surface area (Å²) in [6.45, 7) is -1.48. The first-order valence-electron chi connectivity index (χ1n) is 9.65. The van der Waals surface area contributed by atoms with Crippen LogP contribution in [0.3, 0.4) is 0 Å². The van der Waals surface area contributed by atoms with E-state index in [2.05, 4.69) is 14.7 Å². The van der Waals surface area contributed by atoms with Crippen molar-refractivity contribution in [1.82, 2.24) is 4.98 Å².